The number of rotatable bonds is 6. The average molecular weight is 265 g/mol. The van der Waals surface area contributed by atoms with E-state index in [9.17, 15) is 9.90 Å². The topological polar surface area (TPSA) is 68.0 Å². The minimum atomic E-state index is -0.560. The van der Waals surface area contributed by atoms with Crippen LogP contribution in [0.3, 0.4) is 0 Å². The van der Waals surface area contributed by atoms with Gasteiger partial charge in [0.1, 0.15) is 18.4 Å². The third kappa shape index (κ3) is 3.03. The average Bonchev–Trinajstić information content (AvgIpc) is 3.06. The normalized spacial score (nSPS) is 21.2. The van der Waals surface area contributed by atoms with Crippen LogP contribution in [0, 0.1) is 5.41 Å². The summed E-state index contributed by atoms with van der Waals surface area (Å²) in [4.78, 5) is 16.4. The third-order valence-electron chi connectivity index (χ3n) is 4.41. The Morgan fingerprint density at radius 2 is 2.16 bits per heavy atom. The summed E-state index contributed by atoms with van der Waals surface area (Å²) >= 11 is 0. The summed E-state index contributed by atoms with van der Waals surface area (Å²) in [6, 6.07) is -0.294. The fourth-order valence-corrected chi connectivity index (χ4v) is 2.94. The molecule has 5 nitrogen and oxygen atoms in total. The van der Waals surface area contributed by atoms with Gasteiger partial charge in [-0.05, 0) is 19.3 Å². The molecule has 5 heteroatoms. The van der Waals surface area contributed by atoms with Crippen molar-refractivity contribution in [1.29, 1.82) is 0 Å². The quantitative estimate of drug-likeness (QED) is 0.855. The molecule has 0 saturated heterocycles. The van der Waals surface area contributed by atoms with Gasteiger partial charge in [-0.2, -0.15) is 5.10 Å². The van der Waals surface area contributed by atoms with E-state index in [0.717, 1.165) is 25.7 Å². The van der Waals surface area contributed by atoms with Crippen molar-refractivity contribution in [2.75, 3.05) is 0 Å². The Morgan fingerprint density at radius 1 is 1.47 bits per heavy atom. The lowest BCUT2D eigenvalue weighted by Crippen LogP contribution is -2.32. The number of aliphatic hydroxyl groups is 1. The van der Waals surface area contributed by atoms with Gasteiger partial charge in [0.15, 0.2) is 0 Å². The van der Waals surface area contributed by atoms with Crippen LogP contribution in [0.1, 0.15) is 58.4 Å². The van der Waals surface area contributed by atoms with E-state index < -0.39 is 6.10 Å². The Hall–Kier alpha value is -1.23. The molecule has 2 atom stereocenters. The Bertz CT molecular complexity index is 410. The second kappa shape index (κ2) is 5.82. The van der Waals surface area contributed by atoms with Gasteiger partial charge in [-0.1, -0.05) is 26.7 Å². The zero-order valence-corrected chi connectivity index (χ0v) is 11.7. The molecule has 1 aromatic heterocycles. The molecule has 1 heterocycles. The lowest BCUT2D eigenvalue weighted by Gasteiger charge is -2.27. The standard InChI is InChI=1S/C14H23N3O2/c1-3-12(18)11(17-10-15-9-16-17)8-13(19)14(2)6-4-5-7-14/h9-12,18H,3-8H2,1-2H3. The zero-order chi connectivity index (χ0) is 13.9. The van der Waals surface area contributed by atoms with Crippen molar-refractivity contribution in [2.45, 2.75) is 64.5 Å². The number of aromatic nitrogens is 3. The van der Waals surface area contributed by atoms with Gasteiger partial charge < -0.3 is 5.11 Å². The molecular formula is C14H23N3O2. The van der Waals surface area contributed by atoms with Crippen molar-refractivity contribution in [3.63, 3.8) is 0 Å². The highest BCUT2D eigenvalue weighted by Gasteiger charge is 2.38. The SMILES string of the molecule is CCC(O)C(CC(=O)C1(C)CCCC1)n1cncn1. The summed E-state index contributed by atoms with van der Waals surface area (Å²) in [7, 11) is 0. The zero-order valence-electron chi connectivity index (χ0n) is 11.7. The molecule has 1 aromatic rings. The molecule has 0 spiro atoms. The van der Waals surface area contributed by atoms with E-state index in [1.165, 1.54) is 6.33 Å². The maximum absolute atomic E-state index is 12.5. The molecule has 0 radical (unpaired) electrons. The monoisotopic (exact) mass is 265 g/mol. The first-order valence-corrected chi connectivity index (χ1v) is 7.12. The van der Waals surface area contributed by atoms with Gasteiger partial charge in [-0.15, -0.1) is 0 Å². The number of hydrogen-bond donors (Lipinski definition) is 1. The number of aliphatic hydroxyl groups excluding tert-OH is 1. The van der Waals surface area contributed by atoms with E-state index in [4.69, 9.17) is 0 Å². The van der Waals surface area contributed by atoms with E-state index in [-0.39, 0.29) is 17.2 Å². The Balaban J connectivity index is 2.10. The van der Waals surface area contributed by atoms with Gasteiger partial charge >= 0.3 is 0 Å². The summed E-state index contributed by atoms with van der Waals surface area (Å²) in [6.45, 7) is 3.97. The molecule has 106 valence electrons. The Kier molecular flexibility index (Phi) is 4.34. The molecule has 1 fully saturated rings. The van der Waals surface area contributed by atoms with Crippen LogP contribution >= 0.6 is 0 Å². The van der Waals surface area contributed by atoms with E-state index in [2.05, 4.69) is 17.0 Å². The molecule has 1 aliphatic rings. The summed E-state index contributed by atoms with van der Waals surface area (Å²) in [6.07, 6.45) is 7.61. The van der Waals surface area contributed by atoms with Crippen molar-refractivity contribution in [1.82, 2.24) is 14.8 Å². The van der Waals surface area contributed by atoms with Gasteiger partial charge in [-0.3, -0.25) is 4.79 Å². The van der Waals surface area contributed by atoms with Crippen LogP contribution in [0.2, 0.25) is 0 Å². The molecule has 0 aliphatic heterocycles. The highest BCUT2D eigenvalue weighted by atomic mass is 16.3. The van der Waals surface area contributed by atoms with Crippen molar-refractivity contribution in [3.8, 4) is 0 Å². The molecule has 19 heavy (non-hydrogen) atoms. The number of carbonyl (C=O) groups excluding carboxylic acids is 1. The predicted octanol–water partition coefficient (Wildman–Crippen LogP) is 2.13. The maximum atomic E-state index is 12.5. The number of carbonyl (C=O) groups is 1. The summed E-state index contributed by atoms with van der Waals surface area (Å²) < 4.78 is 1.62. The first-order valence-electron chi connectivity index (χ1n) is 7.12. The predicted molar refractivity (Wildman–Crippen MR) is 71.6 cm³/mol. The smallest absolute Gasteiger partial charge is 0.140 e. The fraction of sp³-hybridized carbons (Fsp3) is 0.786. The van der Waals surface area contributed by atoms with Crippen LogP contribution in [0.15, 0.2) is 12.7 Å². The first kappa shape index (κ1) is 14.2. The van der Waals surface area contributed by atoms with Gasteiger partial charge in [0.25, 0.3) is 0 Å². The van der Waals surface area contributed by atoms with Crippen molar-refractivity contribution in [2.24, 2.45) is 5.41 Å². The lowest BCUT2D eigenvalue weighted by molar-refractivity contribution is -0.129. The van der Waals surface area contributed by atoms with Gasteiger partial charge in [0.2, 0.25) is 0 Å². The largest absolute Gasteiger partial charge is 0.391 e. The molecular weight excluding hydrogens is 242 g/mol. The summed E-state index contributed by atoms with van der Waals surface area (Å²) in [5, 5.41) is 14.2. The van der Waals surface area contributed by atoms with Crippen molar-refractivity contribution in [3.05, 3.63) is 12.7 Å². The molecule has 0 bridgehead atoms. The van der Waals surface area contributed by atoms with Crippen molar-refractivity contribution >= 4 is 5.78 Å². The molecule has 1 saturated carbocycles. The molecule has 0 amide bonds. The Labute approximate surface area is 114 Å². The van der Waals surface area contributed by atoms with E-state index in [0.29, 0.717) is 12.8 Å². The summed E-state index contributed by atoms with van der Waals surface area (Å²) in [5.41, 5.74) is -0.202. The molecule has 2 rings (SSSR count). The van der Waals surface area contributed by atoms with E-state index in [1.54, 1.807) is 11.0 Å². The second-order valence-corrected chi connectivity index (χ2v) is 5.81. The molecule has 2 unspecified atom stereocenters. The van der Waals surface area contributed by atoms with Crippen molar-refractivity contribution < 1.29 is 9.90 Å². The van der Waals surface area contributed by atoms with Crippen LogP contribution in [-0.4, -0.2) is 31.8 Å². The third-order valence-corrected chi connectivity index (χ3v) is 4.41. The van der Waals surface area contributed by atoms with Gasteiger partial charge in [0, 0.05) is 11.8 Å². The molecule has 0 aromatic carbocycles. The number of nitrogens with zero attached hydrogens (tertiary/aromatic N) is 3. The lowest BCUT2D eigenvalue weighted by atomic mass is 9.80. The number of ketones is 1. The van der Waals surface area contributed by atoms with Crippen LogP contribution in [-0.2, 0) is 4.79 Å². The van der Waals surface area contributed by atoms with Crippen LogP contribution < -0.4 is 0 Å². The van der Waals surface area contributed by atoms with Gasteiger partial charge in [-0.25, -0.2) is 9.67 Å². The molecule has 1 N–H and O–H groups in total. The first-order chi connectivity index (χ1) is 9.07. The van der Waals surface area contributed by atoms with Crippen LogP contribution in [0.4, 0.5) is 0 Å². The minimum Gasteiger partial charge on any atom is -0.391 e. The number of hydrogen-bond acceptors (Lipinski definition) is 4. The fourth-order valence-electron chi connectivity index (χ4n) is 2.94. The van der Waals surface area contributed by atoms with E-state index >= 15 is 0 Å². The highest BCUT2D eigenvalue weighted by Crippen LogP contribution is 2.40. The summed E-state index contributed by atoms with van der Waals surface area (Å²) in [5.74, 6) is 0.248. The van der Waals surface area contributed by atoms with Crippen LogP contribution in [0.5, 0.6) is 0 Å². The highest BCUT2D eigenvalue weighted by molar-refractivity contribution is 5.85. The Morgan fingerprint density at radius 3 is 2.68 bits per heavy atom. The van der Waals surface area contributed by atoms with Gasteiger partial charge in [0.05, 0.1) is 12.1 Å². The molecule has 1 aliphatic carbocycles. The number of Topliss-reactive ketones (excluding diaryl/α,β-unsaturated/α-hetero) is 1. The van der Waals surface area contributed by atoms with Crippen LogP contribution in [0.25, 0.3) is 0 Å². The maximum Gasteiger partial charge on any atom is 0.140 e. The second-order valence-electron chi connectivity index (χ2n) is 5.81. The minimum absolute atomic E-state index is 0.202. The van der Waals surface area contributed by atoms with E-state index in [1.807, 2.05) is 6.92 Å².